The lowest BCUT2D eigenvalue weighted by Gasteiger charge is -2.16. The van der Waals surface area contributed by atoms with Crippen LogP contribution in [0.5, 0.6) is 0 Å². The second-order valence-electron chi connectivity index (χ2n) is 11.7. The second kappa shape index (κ2) is 9.24. The normalized spacial score (nSPS) is 12.1. The Bertz CT molecular complexity index is 2590. The van der Waals surface area contributed by atoms with Gasteiger partial charge in [-0.2, -0.15) is 0 Å². The molecule has 0 aliphatic heterocycles. The summed E-state index contributed by atoms with van der Waals surface area (Å²) in [6.07, 6.45) is 0. The number of hydrogen-bond donors (Lipinski definition) is 0. The first-order valence-electron chi connectivity index (χ1n) is 15.0. The maximum atomic E-state index is 2.43. The van der Waals surface area contributed by atoms with Gasteiger partial charge < -0.3 is 0 Å². The van der Waals surface area contributed by atoms with Gasteiger partial charge in [-0.05, 0) is 103 Å². The summed E-state index contributed by atoms with van der Waals surface area (Å²) < 4.78 is 5.36. The van der Waals surface area contributed by atoms with E-state index in [4.69, 9.17) is 0 Å². The number of fused-ring (bicyclic) bond motifs is 11. The highest BCUT2D eigenvalue weighted by Gasteiger charge is 2.16. The van der Waals surface area contributed by atoms with E-state index in [1.807, 2.05) is 22.7 Å². The van der Waals surface area contributed by atoms with Crippen LogP contribution in [0, 0.1) is 0 Å². The molecule has 8 aromatic carbocycles. The molecule has 0 unspecified atom stereocenters. The fourth-order valence-corrected chi connectivity index (χ4v) is 9.42. The second-order valence-corrected chi connectivity index (χ2v) is 13.8. The van der Waals surface area contributed by atoms with Crippen LogP contribution in [0.15, 0.2) is 146 Å². The first-order chi connectivity index (χ1) is 21.8. The van der Waals surface area contributed by atoms with Gasteiger partial charge in [-0.1, -0.05) is 97.1 Å². The third kappa shape index (κ3) is 3.50. The van der Waals surface area contributed by atoms with E-state index in [1.165, 1.54) is 94.9 Å². The van der Waals surface area contributed by atoms with E-state index >= 15 is 0 Å². The van der Waals surface area contributed by atoms with Gasteiger partial charge in [0.15, 0.2) is 0 Å². The van der Waals surface area contributed by atoms with Crippen LogP contribution in [-0.4, -0.2) is 0 Å². The van der Waals surface area contributed by atoms with E-state index in [0.717, 1.165) is 0 Å². The quantitative estimate of drug-likeness (QED) is 0.175. The zero-order valence-corrected chi connectivity index (χ0v) is 25.3. The predicted molar refractivity (Wildman–Crippen MR) is 196 cm³/mol. The molecule has 44 heavy (non-hydrogen) atoms. The first kappa shape index (κ1) is 24.4. The van der Waals surface area contributed by atoms with Gasteiger partial charge in [0, 0.05) is 40.3 Å². The summed E-state index contributed by atoms with van der Waals surface area (Å²) in [5.41, 5.74) is 5.09. The highest BCUT2D eigenvalue weighted by atomic mass is 32.1. The molecule has 0 aliphatic carbocycles. The van der Waals surface area contributed by atoms with Crippen LogP contribution in [0.2, 0.25) is 0 Å². The summed E-state index contributed by atoms with van der Waals surface area (Å²) in [6.45, 7) is 0. The fraction of sp³-hybridized carbons (Fsp3) is 0. The maximum Gasteiger partial charge on any atom is 0.0355 e. The van der Waals surface area contributed by atoms with Gasteiger partial charge >= 0.3 is 0 Å². The van der Waals surface area contributed by atoms with Crippen molar-refractivity contribution in [3.8, 4) is 22.3 Å². The van der Waals surface area contributed by atoms with Crippen LogP contribution in [0.25, 0.3) is 94.9 Å². The van der Waals surface area contributed by atoms with Crippen molar-refractivity contribution in [2.75, 3.05) is 0 Å². The van der Waals surface area contributed by atoms with Crippen molar-refractivity contribution in [2.24, 2.45) is 0 Å². The third-order valence-corrected chi connectivity index (χ3v) is 11.5. The molecule has 2 heterocycles. The zero-order valence-electron chi connectivity index (χ0n) is 23.7. The highest BCUT2D eigenvalue weighted by molar-refractivity contribution is 7.26. The maximum absolute atomic E-state index is 2.43. The SMILES string of the molecule is c1ccc2c(c1)sc1ccc(-c3cc4cc(-c5ccc6sc7ccccc7c6c5)c5ccccc5c4c4ccccc34)cc12. The smallest absolute Gasteiger partial charge is 0.0355 e. The summed E-state index contributed by atoms with van der Waals surface area (Å²) in [5.74, 6) is 0. The zero-order chi connectivity index (χ0) is 28.8. The van der Waals surface area contributed by atoms with Crippen LogP contribution in [0.4, 0.5) is 0 Å². The minimum Gasteiger partial charge on any atom is -0.135 e. The third-order valence-electron chi connectivity index (χ3n) is 9.24. The molecule has 0 radical (unpaired) electrons. The van der Waals surface area contributed by atoms with Crippen LogP contribution < -0.4 is 0 Å². The lowest BCUT2D eigenvalue weighted by molar-refractivity contribution is 1.71. The number of hydrogen-bond acceptors (Lipinski definition) is 2. The Hall–Kier alpha value is -5.02. The van der Waals surface area contributed by atoms with Crippen LogP contribution in [0.3, 0.4) is 0 Å². The molecule has 0 spiro atoms. The van der Waals surface area contributed by atoms with Crippen LogP contribution in [0.1, 0.15) is 0 Å². The van der Waals surface area contributed by atoms with E-state index in [-0.39, 0.29) is 0 Å². The highest BCUT2D eigenvalue weighted by Crippen LogP contribution is 2.44. The van der Waals surface area contributed by atoms with Crippen molar-refractivity contribution >= 4 is 95.3 Å². The van der Waals surface area contributed by atoms with Gasteiger partial charge in [0.05, 0.1) is 0 Å². The Morgan fingerprint density at radius 3 is 1.16 bits per heavy atom. The summed E-state index contributed by atoms with van der Waals surface area (Å²) >= 11 is 3.75. The van der Waals surface area contributed by atoms with E-state index in [9.17, 15) is 0 Å². The van der Waals surface area contributed by atoms with Gasteiger partial charge in [-0.15, -0.1) is 22.7 Å². The summed E-state index contributed by atoms with van der Waals surface area (Å²) in [4.78, 5) is 0. The van der Waals surface area contributed by atoms with E-state index in [2.05, 4.69) is 146 Å². The topological polar surface area (TPSA) is 0 Å². The molecule has 10 rings (SSSR count). The Balaban J connectivity index is 1.29. The van der Waals surface area contributed by atoms with Crippen molar-refractivity contribution in [2.45, 2.75) is 0 Å². The van der Waals surface area contributed by atoms with Crippen molar-refractivity contribution < 1.29 is 0 Å². The summed E-state index contributed by atoms with van der Waals surface area (Å²) in [6, 6.07) is 54.3. The summed E-state index contributed by atoms with van der Waals surface area (Å²) in [5, 5.41) is 13.1. The predicted octanol–water partition coefficient (Wildman–Crippen LogP) is 13.2. The Kier molecular flexibility index (Phi) is 5.13. The minimum absolute atomic E-state index is 1.26. The number of thiophene rings is 2. The van der Waals surface area contributed by atoms with Gasteiger partial charge in [0.25, 0.3) is 0 Å². The molecule has 0 aliphatic rings. The van der Waals surface area contributed by atoms with Gasteiger partial charge in [0.2, 0.25) is 0 Å². The molecule has 0 bridgehead atoms. The Morgan fingerprint density at radius 1 is 0.295 bits per heavy atom. The average molecular weight is 593 g/mol. The largest absolute Gasteiger partial charge is 0.135 e. The lowest BCUT2D eigenvalue weighted by Crippen LogP contribution is -1.89. The molecule has 10 aromatic rings. The average Bonchev–Trinajstić information content (AvgIpc) is 3.65. The van der Waals surface area contributed by atoms with Crippen molar-refractivity contribution in [1.82, 2.24) is 0 Å². The molecule has 0 fully saturated rings. The molecule has 0 saturated heterocycles. The fourth-order valence-electron chi connectivity index (χ4n) is 7.25. The molecule has 2 heteroatoms. The van der Waals surface area contributed by atoms with Gasteiger partial charge in [-0.3, -0.25) is 0 Å². The molecule has 0 saturated carbocycles. The van der Waals surface area contributed by atoms with Crippen molar-refractivity contribution in [3.05, 3.63) is 146 Å². The monoisotopic (exact) mass is 592 g/mol. The molecule has 0 atom stereocenters. The van der Waals surface area contributed by atoms with Gasteiger partial charge in [-0.25, -0.2) is 0 Å². The first-order valence-corrected chi connectivity index (χ1v) is 16.6. The van der Waals surface area contributed by atoms with E-state index < -0.39 is 0 Å². The minimum atomic E-state index is 1.26. The van der Waals surface area contributed by atoms with Crippen LogP contribution >= 0.6 is 22.7 Å². The molecular weight excluding hydrogens is 569 g/mol. The van der Waals surface area contributed by atoms with Gasteiger partial charge in [0.1, 0.15) is 0 Å². The van der Waals surface area contributed by atoms with Crippen molar-refractivity contribution in [1.29, 1.82) is 0 Å². The summed E-state index contributed by atoms with van der Waals surface area (Å²) in [7, 11) is 0. The lowest BCUT2D eigenvalue weighted by atomic mass is 9.87. The van der Waals surface area contributed by atoms with Crippen molar-refractivity contribution in [3.63, 3.8) is 0 Å². The molecule has 0 amide bonds. The Labute approximate surface area is 262 Å². The Morgan fingerprint density at radius 2 is 0.682 bits per heavy atom. The number of rotatable bonds is 2. The van der Waals surface area contributed by atoms with Crippen LogP contribution in [-0.2, 0) is 0 Å². The molecular formula is C42H24S2. The van der Waals surface area contributed by atoms with E-state index in [1.54, 1.807) is 0 Å². The molecule has 2 aromatic heterocycles. The molecule has 0 N–H and O–H groups in total. The molecule has 0 nitrogen and oxygen atoms in total. The van der Waals surface area contributed by atoms with E-state index in [0.29, 0.717) is 0 Å². The standard InChI is InChI=1S/C42H24S2/c1-3-13-32-28(9-1)34(25-17-19-40-36(21-25)30-11-5-7-15-38(30)43-40)23-27-24-35(29-10-2-4-14-33(29)42(27)32)26-18-20-41-37(22-26)31-12-6-8-16-39(31)44-41/h1-24H. The number of benzene rings is 8. The molecule has 204 valence electrons.